The fraction of sp³-hybridized carbons (Fsp3) is 0.667. The Morgan fingerprint density at radius 1 is 0.806 bits per heavy atom. The molecular formula is C18H19F11O2. The standard InChI is InChI=1S/C18H19F11O2/c1-4-8-31-12-7-5-6-11(9-12)13(2,30-3)10-14(19,20)15(21,22)16(23,24)17(25,26)18(27,28)29/h5-7,9H,4,8,10H2,1-3H3. The summed E-state index contributed by atoms with van der Waals surface area (Å²) >= 11 is 0. The molecule has 0 bridgehead atoms. The number of alkyl halides is 11. The van der Waals surface area contributed by atoms with Crippen molar-refractivity contribution < 1.29 is 57.8 Å². The van der Waals surface area contributed by atoms with Gasteiger partial charge in [-0.2, -0.15) is 48.3 Å². The molecule has 0 aromatic heterocycles. The van der Waals surface area contributed by atoms with E-state index in [4.69, 9.17) is 9.47 Å². The van der Waals surface area contributed by atoms with Gasteiger partial charge in [0, 0.05) is 7.11 Å². The van der Waals surface area contributed by atoms with Crippen LogP contribution in [0.2, 0.25) is 0 Å². The SMILES string of the molecule is CCCOc1cccc(C(C)(CC(F)(F)C(F)(F)C(F)(F)C(F)(F)C(F)(F)F)OC)c1. The van der Waals surface area contributed by atoms with E-state index in [2.05, 4.69) is 0 Å². The maximum Gasteiger partial charge on any atom is 0.460 e. The van der Waals surface area contributed by atoms with Crippen LogP contribution in [0.4, 0.5) is 48.3 Å². The number of hydrogen-bond donors (Lipinski definition) is 0. The molecule has 1 unspecified atom stereocenters. The first-order valence-electron chi connectivity index (χ1n) is 8.67. The van der Waals surface area contributed by atoms with Crippen LogP contribution in [-0.2, 0) is 10.3 Å². The number of halogens is 11. The lowest BCUT2D eigenvalue weighted by atomic mass is 9.84. The van der Waals surface area contributed by atoms with Crippen LogP contribution in [0.1, 0.15) is 32.3 Å². The molecule has 2 nitrogen and oxygen atoms in total. The molecule has 0 aliphatic carbocycles. The van der Waals surface area contributed by atoms with Crippen LogP contribution in [0.5, 0.6) is 5.75 Å². The largest absolute Gasteiger partial charge is 0.494 e. The maximum absolute atomic E-state index is 14.2. The molecule has 0 spiro atoms. The quantitative estimate of drug-likeness (QED) is 0.345. The van der Waals surface area contributed by atoms with Crippen LogP contribution in [-0.4, -0.2) is 43.6 Å². The molecule has 0 saturated heterocycles. The fourth-order valence-electron chi connectivity index (χ4n) is 2.57. The van der Waals surface area contributed by atoms with Crippen molar-refractivity contribution in [1.82, 2.24) is 0 Å². The molecule has 0 fully saturated rings. The normalized spacial score (nSPS) is 16.2. The van der Waals surface area contributed by atoms with E-state index in [0.29, 0.717) is 6.42 Å². The summed E-state index contributed by atoms with van der Waals surface area (Å²) in [6, 6.07) is 4.75. The smallest absolute Gasteiger partial charge is 0.460 e. The Kier molecular flexibility index (Phi) is 7.58. The van der Waals surface area contributed by atoms with E-state index in [1.807, 2.05) is 0 Å². The third-order valence-electron chi connectivity index (χ3n) is 4.53. The molecule has 0 radical (unpaired) electrons. The molecule has 0 aliphatic heterocycles. The number of benzene rings is 1. The summed E-state index contributed by atoms with van der Waals surface area (Å²) in [5, 5.41) is 0. The van der Waals surface area contributed by atoms with Crippen LogP contribution < -0.4 is 4.74 Å². The van der Waals surface area contributed by atoms with Gasteiger partial charge in [0.05, 0.1) is 18.6 Å². The number of hydrogen-bond acceptors (Lipinski definition) is 2. The van der Waals surface area contributed by atoms with Gasteiger partial charge in [0.2, 0.25) is 0 Å². The summed E-state index contributed by atoms with van der Waals surface area (Å²) in [6.45, 7) is 2.68. The molecule has 0 heterocycles. The summed E-state index contributed by atoms with van der Waals surface area (Å²) < 4.78 is 156. The predicted molar refractivity (Wildman–Crippen MR) is 87.0 cm³/mol. The second-order valence-corrected chi connectivity index (χ2v) is 6.91. The molecule has 0 saturated carbocycles. The zero-order chi connectivity index (χ0) is 24.5. The van der Waals surface area contributed by atoms with Crippen molar-refractivity contribution >= 4 is 0 Å². The summed E-state index contributed by atoms with van der Waals surface area (Å²) in [4.78, 5) is 0. The van der Waals surface area contributed by atoms with E-state index < -0.39 is 41.9 Å². The van der Waals surface area contributed by atoms with Gasteiger partial charge < -0.3 is 9.47 Å². The monoisotopic (exact) mass is 476 g/mol. The molecule has 13 heteroatoms. The van der Waals surface area contributed by atoms with Crippen molar-refractivity contribution in [2.75, 3.05) is 13.7 Å². The van der Waals surface area contributed by atoms with Crippen molar-refractivity contribution in [3.05, 3.63) is 29.8 Å². The van der Waals surface area contributed by atoms with Gasteiger partial charge in [-0.15, -0.1) is 0 Å². The molecule has 0 N–H and O–H groups in total. The van der Waals surface area contributed by atoms with Gasteiger partial charge in [0.1, 0.15) is 5.75 Å². The molecule has 1 atom stereocenters. The topological polar surface area (TPSA) is 18.5 Å². The Morgan fingerprint density at radius 2 is 1.35 bits per heavy atom. The zero-order valence-corrected chi connectivity index (χ0v) is 16.4. The Labute approximate surface area is 170 Å². The molecule has 1 aromatic rings. The highest BCUT2D eigenvalue weighted by atomic mass is 19.4. The third-order valence-corrected chi connectivity index (χ3v) is 4.53. The van der Waals surface area contributed by atoms with Gasteiger partial charge >= 0.3 is 29.9 Å². The van der Waals surface area contributed by atoms with Gasteiger partial charge in [0.25, 0.3) is 0 Å². The summed E-state index contributed by atoms with van der Waals surface area (Å²) in [7, 11) is 0.746. The summed E-state index contributed by atoms with van der Waals surface area (Å²) in [5.74, 6) is -27.9. The maximum atomic E-state index is 14.2. The fourth-order valence-corrected chi connectivity index (χ4v) is 2.57. The van der Waals surface area contributed by atoms with E-state index in [0.717, 1.165) is 26.2 Å². The predicted octanol–water partition coefficient (Wildman–Crippen LogP) is 6.83. The minimum absolute atomic E-state index is 0.0756. The minimum atomic E-state index is -7.46. The average molecular weight is 476 g/mol. The molecule has 180 valence electrons. The van der Waals surface area contributed by atoms with Crippen LogP contribution in [0.3, 0.4) is 0 Å². The van der Waals surface area contributed by atoms with Gasteiger partial charge in [-0.1, -0.05) is 19.1 Å². The highest BCUT2D eigenvalue weighted by Gasteiger charge is 2.87. The zero-order valence-electron chi connectivity index (χ0n) is 16.4. The second kappa shape index (κ2) is 8.62. The number of ether oxygens (including phenoxy) is 2. The van der Waals surface area contributed by atoms with Gasteiger partial charge in [-0.05, 0) is 31.0 Å². The van der Waals surface area contributed by atoms with E-state index in [1.54, 1.807) is 6.92 Å². The lowest BCUT2D eigenvalue weighted by Gasteiger charge is -2.40. The van der Waals surface area contributed by atoms with E-state index >= 15 is 0 Å². The first kappa shape index (κ1) is 27.2. The van der Waals surface area contributed by atoms with Crippen LogP contribution in [0, 0.1) is 0 Å². The summed E-state index contributed by atoms with van der Waals surface area (Å²) in [5.41, 5.74) is -2.77. The van der Waals surface area contributed by atoms with Crippen LogP contribution >= 0.6 is 0 Å². The van der Waals surface area contributed by atoms with E-state index in [1.165, 1.54) is 12.1 Å². The Balaban J connectivity index is 3.39. The Hall–Kier alpha value is -1.79. The molecule has 0 aliphatic rings. The van der Waals surface area contributed by atoms with Gasteiger partial charge in [-0.25, -0.2) is 0 Å². The molecule has 31 heavy (non-hydrogen) atoms. The van der Waals surface area contributed by atoms with Gasteiger partial charge in [0.15, 0.2) is 0 Å². The number of methoxy groups -OCH3 is 1. The highest BCUT2D eigenvalue weighted by molar-refractivity contribution is 5.32. The van der Waals surface area contributed by atoms with Crippen molar-refractivity contribution in [2.24, 2.45) is 0 Å². The molecule has 0 amide bonds. The Morgan fingerprint density at radius 3 is 1.81 bits per heavy atom. The first-order valence-corrected chi connectivity index (χ1v) is 8.67. The summed E-state index contributed by atoms with van der Waals surface area (Å²) in [6.07, 6.45) is -9.01. The first-order chi connectivity index (χ1) is 13.8. The lowest BCUT2D eigenvalue weighted by Crippen LogP contribution is -2.67. The third kappa shape index (κ3) is 4.85. The van der Waals surface area contributed by atoms with Crippen molar-refractivity contribution in [1.29, 1.82) is 0 Å². The van der Waals surface area contributed by atoms with Gasteiger partial charge in [-0.3, -0.25) is 0 Å². The molecular weight excluding hydrogens is 457 g/mol. The van der Waals surface area contributed by atoms with Crippen molar-refractivity contribution in [3.8, 4) is 5.75 Å². The van der Waals surface area contributed by atoms with E-state index in [-0.39, 0.29) is 17.9 Å². The minimum Gasteiger partial charge on any atom is -0.494 e. The average Bonchev–Trinajstić information content (AvgIpc) is 2.64. The Bertz CT molecular complexity index is 746. The highest BCUT2D eigenvalue weighted by Crippen LogP contribution is 2.59. The van der Waals surface area contributed by atoms with Crippen LogP contribution in [0.25, 0.3) is 0 Å². The van der Waals surface area contributed by atoms with Crippen LogP contribution in [0.15, 0.2) is 24.3 Å². The molecule has 1 rings (SSSR count). The lowest BCUT2D eigenvalue weighted by molar-refractivity contribution is -0.424. The number of rotatable bonds is 10. The van der Waals surface area contributed by atoms with Crippen molar-refractivity contribution in [2.45, 2.75) is 62.2 Å². The molecule has 1 aromatic carbocycles. The van der Waals surface area contributed by atoms with Crippen molar-refractivity contribution in [3.63, 3.8) is 0 Å². The second-order valence-electron chi connectivity index (χ2n) is 6.91. The van der Waals surface area contributed by atoms with E-state index in [9.17, 15) is 48.3 Å².